The molecule has 1 N–H and O–H groups in total. The normalized spacial score (nSPS) is 10.0. The largest absolute Gasteiger partial charge is 0.363 e. The van der Waals surface area contributed by atoms with Crippen LogP contribution in [0, 0.1) is 0 Å². The van der Waals surface area contributed by atoms with Gasteiger partial charge < -0.3 is 10.2 Å². The molecule has 0 aliphatic rings. The van der Waals surface area contributed by atoms with Crippen LogP contribution in [0.25, 0.3) is 0 Å². The van der Waals surface area contributed by atoms with E-state index >= 15 is 0 Å². The monoisotopic (exact) mass is 249 g/mol. The van der Waals surface area contributed by atoms with Gasteiger partial charge in [0.15, 0.2) is 0 Å². The Morgan fingerprint density at radius 2 is 2.06 bits per heavy atom. The van der Waals surface area contributed by atoms with Crippen LogP contribution in [0.2, 0.25) is 0 Å². The van der Waals surface area contributed by atoms with E-state index in [1.165, 1.54) is 16.2 Å². The van der Waals surface area contributed by atoms with Crippen LogP contribution >= 0.6 is 11.3 Å². The molecule has 2 heterocycles. The highest BCUT2D eigenvalue weighted by Gasteiger charge is 2.18. The number of carbonyl (C=O) groups excluding carboxylic acids is 1. The van der Waals surface area contributed by atoms with Gasteiger partial charge in [-0.2, -0.15) is 0 Å². The minimum absolute atomic E-state index is 0.185. The molecule has 0 spiro atoms. The first-order chi connectivity index (χ1) is 8.22. The van der Waals surface area contributed by atoms with Crippen LogP contribution in [0.3, 0.4) is 0 Å². The molecule has 2 aromatic heterocycles. The topological polar surface area (TPSA) is 71.0 Å². The number of carbonyl (C=O) groups is 1. The van der Waals surface area contributed by atoms with E-state index in [1.807, 2.05) is 0 Å². The molecule has 0 fully saturated rings. The maximum absolute atomic E-state index is 12.1. The fraction of sp³-hybridized carbons (Fsp3) is 0.200. The molecular formula is C10H11N5OS. The number of pyridine rings is 1. The average molecular weight is 249 g/mol. The van der Waals surface area contributed by atoms with Crippen molar-refractivity contribution >= 4 is 28.1 Å². The van der Waals surface area contributed by atoms with E-state index in [2.05, 4.69) is 20.5 Å². The molecule has 88 valence electrons. The summed E-state index contributed by atoms with van der Waals surface area (Å²) in [4.78, 5) is 17.5. The minimum Gasteiger partial charge on any atom is -0.363 e. The van der Waals surface area contributed by atoms with Gasteiger partial charge in [0, 0.05) is 32.2 Å². The first kappa shape index (κ1) is 11.5. The second-order valence-corrected chi connectivity index (χ2v) is 4.21. The van der Waals surface area contributed by atoms with Crippen molar-refractivity contribution in [3.05, 3.63) is 29.5 Å². The number of hydrogen-bond acceptors (Lipinski definition) is 6. The molecule has 2 aromatic rings. The summed E-state index contributed by atoms with van der Waals surface area (Å²) in [5.74, 6) is -0.185. The lowest BCUT2D eigenvalue weighted by Crippen LogP contribution is -2.26. The zero-order chi connectivity index (χ0) is 12.3. The van der Waals surface area contributed by atoms with Gasteiger partial charge >= 0.3 is 0 Å². The Kier molecular flexibility index (Phi) is 3.29. The molecule has 17 heavy (non-hydrogen) atoms. The number of aromatic nitrogens is 3. The molecule has 0 saturated heterocycles. The van der Waals surface area contributed by atoms with Crippen molar-refractivity contribution in [2.45, 2.75) is 0 Å². The van der Waals surface area contributed by atoms with Crippen LogP contribution in [-0.2, 0) is 0 Å². The molecule has 0 saturated carbocycles. The molecule has 2 rings (SSSR count). The summed E-state index contributed by atoms with van der Waals surface area (Å²) in [6.45, 7) is 0. The molecule has 0 bridgehead atoms. The standard InChI is InChI=1S/C10H11N5OS/c1-11-10-14-13-8(17-10)9(16)15(2)7-3-5-12-6-4-7/h3-6H,1-2H3,(H,11,14). The molecular weight excluding hydrogens is 238 g/mol. The van der Waals surface area contributed by atoms with Gasteiger partial charge in [-0.05, 0) is 12.1 Å². The third-order valence-corrected chi connectivity index (χ3v) is 3.11. The van der Waals surface area contributed by atoms with Crippen LogP contribution in [0.1, 0.15) is 9.80 Å². The Hall–Kier alpha value is -2.02. The number of nitrogens with zero attached hydrogens (tertiary/aromatic N) is 4. The molecule has 7 heteroatoms. The predicted octanol–water partition coefficient (Wildman–Crippen LogP) is 1.25. The highest BCUT2D eigenvalue weighted by molar-refractivity contribution is 7.17. The summed E-state index contributed by atoms with van der Waals surface area (Å²) in [5, 5.41) is 11.5. The van der Waals surface area contributed by atoms with E-state index in [1.54, 1.807) is 38.6 Å². The Bertz CT molecular complexity index is 512. The molecule has 0 atom stereocenters. The van der Waals surface area contributed by atoms with E-state index in [9.17, 15) is 4.79 Å². The van der Waals surface area contributed by atoms with Gasteiger partial charge in [-0.1, -0.05) is 11.3 Å². The number of nitrogens with one attached hydrogen (secondary N) is 1. The minimum atomic E-state index is -0.185. The summed E-state index contributed by atoms with van der Waals surface area (Å²) >= 11 is 1.22. The van der Waals surface area contributed by atoms with E-state index in [0.717, 1.165) is 5.69 Å². The lowest BCUT2D eigenvalue weighted by atomic mass is 10.3. The highest BCUT2D eigenvalue weighted by atomic mass is 32.1. The summed E-state index contributed by atoms with van der Waals surface area (Å²) in [7, 11) is 3.43. The molecule has 0 aliphatic heterocycles. The third kappa shape index (κ3) is 2.39. The second kappa shape index (κ2) is 4.88. The predicted molar refractivity (Wildman–Crippen MR) is 66.4 cm³/mol. The zero-order valence-electron chi connectivity index (χ0n) is 9.41. The number of hydrogen-bond donors (Lipinski definition) is 1. The van der Waals surface area contributed by atoms with Crippen molar-refractivity contribution < 1.29 is 4.79 Å². The first-order valence-electron chi connectivity index (χ1n) is 4.91. The summed E-state index contributed by atoms with van der Waals surface area (Å²) < 4.78 is 0. The number of rotatable bonds is 3. The van der Waals surface area contributed by atoms with Crippen molar-refractivity contribution in [1.82, 2.24) is 15.2 Å². The second-order valence-electron chi connectivity index (χ2n) is 3.23. The molecule has 0 unspecified atom stereocenters. The Labute approximate surface area is 102 Å². The fourth-order valence-corrected chi connectivity index (χ4v) is 1.91. The maximum atomic E-state index is 12.1. The summed E-state index contributed by atoms with van der Waals surface area (Å²) in [6.07, 6.45) is 3.27. The van der Waals surface area contributed by atoms with Gasteiger partial charge in [0.25, 0.3) is 5.91 Å². The third-order valence-electron chi connectivity index (χ3n) is 2.18. The van der Waals surface area contributed by atoms with E-state index < -0.39 is 0 Å². The lowest BCUT2D eigenvalue weighted by molar-refractivity contribution is 0.0992. The zero-order valence-corrected chi connectivity index (χ0v) is 10.2. The highest BCUT2D eigenvalue weighted by Crippen LogP contribution is 2.18. The lowest BCUT2D eigenvalue weighted by Gasteiger charge is -2.14. The fourth-order valence-electron chi connectivity index (χ4n) is 1.24. The van der Waals surface area contributed by atoms with Gasteiger partial charge in [0.05, 0.1) is 0 Å². The SMILES string of the molecule is CNc1nnc(C(=O)N(C)c2ccncc2)s1. The van der Waals surface area contributed by atoms with Crippen molar-refractivity contribution in [2.24, 2.45) is 0 Å². The van der Waals surface area contributed by atoms with Crippen molar-refractivity contribution in [3.8, 4) is 0 Å². The quantitative estimate of drug-likeness (QED) is 0.886. The molecule has 0 aromatic carbocycles. The molecule has 0 radical (unpaired) electrons. The van der Waals surface area contributed by atoms with Gasteiger partial charge in [-0.25, -0.2) is 0 Å². The van der Waals surface area contributed by atoms with Gasteiger partial charge in [-0.15, -0.1) is 10.2 Å². The van der Waals surface area contributed by atoms with E-state index in [-0.39, 0.29) is 5.91 Å². The van der Waals surface area contributed by atoms with Crippen molar-refractivity contribution in [2.75, 3.05) is 24.3 Å². The first-order valence-corrected chi connectivity index (χ1v) is 5.73. The molecule has 0 aliphatic carbocycles. The Balaban J connectivity index is 2.20. The van der Waals surface area contributed by atoms with Gasteiger partial charge in [0.1, 0.15) is 0 Å². The molecule has 1 amide bonds. The Morgan fingerprint density at radius 3 is 2.65 bits per heavy atom. The van der Waals surface area contributed by atoms with Crippen molar-refractivity contribution in [1.29, 1.82) is 0 Å². The summed E-state index contributed by atoms with van der Waals surface area (Å²) in [6, 6.07) is 3.52. The van der Waals surface area contributed by atoms with E-state index in [0.29, 0.717) is 10.1 Å². The van der Waals surface area contributed by atoms with Crippen molar-refractivity contribution in [3.63, 3.8) is 0 Å². The maximum Gasteiger partial charge on any atom is 0.289 e. The van der Waals surface area contributed by atoms with Gasteiger partial charge in [0.2, 0.25) is 10.1 Å². The van der Waals surface area contributed by atoms with Crippen LogP contribution in [0.15, 0.2) is 24.5 Å². The van der Waals surface area contributed by atoms with Crippen LogP contribution < -0.4 is 10.2 Å². The Morgan fingerprint density at radius 1 is 1.35 bits per heavy atom. The van der Waals surface area contributed by atoms with Crippen LogP contribution in [-0.4, -0.2) is 35.2 Å². The smallest absolute Gasteiger partial charge is 0.289 e. The van der Waals surface area contributed by atoms with Gasteiger partial charge in [-0.3, -0.25) is 9.78 Å². The average Bonchev–Trinajstić information content (AvgIpc) is 2.87. The number of anilines is 2. The molecule has 6 nitrogen and oxygen atoms in total. The van der Waals surface area contributed by atoms with E-state index in [4.69, 9.17) is 0 Å². The number of amides is 1. The summed E-state index contributed by atoms with van der Waals surface area (Å²) in [5.41, 5.74) is 0.770. The van der Waals surface area contributed by atoms with Crippen LogP contribution in [0.4, 0.5) is 10.8 Å². The van der Waals surface area contributed by atoms with Crippen LogP contribution in [0.5, 0.6) is 0 Å².